The molecule has 0 spiro atoms. The second-order valence-corrected chi connectivity index (χ2v) is 6.09. The molecule has 3 rings (SSSR count). The average Bonchev–Trinajstić information content (AvgIpc) is 2.46. The van der Waals surface area contributed by atoms with E-state index in [0.29, 0.717) is 23.9 Å². The first kappa shape index (κ1) is 11.8. The van der Waals surface area contributed by atoms with Crippen LogP contribution < -0.4 is 0 Å². The van der Waals surface area contributed by atoms with Crippen molar-refractivity contribution >= 4 is 5.78 Å². The number of hydrogen-bond donors (Lipinski definition) is 1. The molecule has 2 aliphatic rings. The molecule has 1 saturated carbocycles. The van der Waals surface area contributed by atoms with Gasteiger partial charge in [-0.3, -0.25) is 4.79 Å². The third-order valence-corrected chi connectivity index (χ3v) is 5.00. The van der Waals surface area contributed by atoms with Gasteiger partial charge in [-0.15, -0.1) is 0 Å². The molecule has 18 heavy (non-hydrogen) atoms. The quantitative estimate of drug-likeness (QED) is 0.760. The highest BCUT2D eigenvalue weighted by Gasteiger charge is 2.42. The lowest BCUT2D eigenvalue weighted by Gasteiger charge is -2.41. The van der Waals surface area contributed by atoms with Crippen molar-refractivity contribution in [3.8, 4) is 5.75 Å². The number of phenolic OH excluding ortho intramolecular Hbond substituents is 1. The zero-order chi connectivity index (χ0) is 12.8. The van der Waals surface area contributed by atoms with E-state index in [1.807, 2.05) is 6.07 Å². The number of ketones is 1. The van der Waals surface area contributed by atoms with Gasteiger partial charge in [0.2, 0.25) is 0 Å². The van der Waals surface area contributed by atoms with Crippen LogP contribution in [0.1, 0.15) is 50.2 Å². The van der Waals surface area contributed by atoms with E-state index >= 15 is 0 Å². The molecular weight excluding hydrogens is 224 g/mol. The van der Waals surface area contributed by atoms with Crippen LogP contribution >= 0.6 is 0 Å². The highest BCUT2D eigenvalue weighted by atomic mass is 16.3. The first-order valence-corrected chi connectivity index (χ1v) is 6.94. The van der Waals surface area contributed by atoms with Crippen molar-refractivity contribution in [2.45, 2.75) is 50.9 Å². The van der Waals surface area contributed by atoms with Gasteiger partial charge in [0.15, 0.2) is 0 Å². The second kappa shape index (κ2) is 4.11. The van der Waals surface area contributed by atoms with E-state index in [1.165, 1.54) is 11.1 Å². The van der Waals surface area contributed by atoms with Crippen molar-refractivity contribution in [2.75, 3.05) is 0 Å². The largest absolute Gasteiger partial charge is 0.508 e. The lowest BCUT2D eigenvalue weighted by Crippen LogP contribution is -2.38. The summed E-state index contributed by atoms with van der Waals surface area (Å²) in [7, 11) is 0. The fourth-order valence-corrected chi connectivity index (χ4v) is 3.86. The minimum Gasteiger partial charge on any atom is -0.508 e. The molecule has 0 amide bonds. The van der Waals surface area contributed by atoms with Crippen molar-refractivity contribution in [2.24, 2.45) is 5.92 Å². The molecule has 1 N–H and O–H groups in total. The van der Waals surface area contributed by atoms with Crippen LogP contribution in [0.5, 0.6) is 5.75 Å². The summed E-state index contributed by atoms with van der Waals surface area (Å²) in [5, 5.41) is 9.65. The SMILES string of the molecule is CC12CCC(=O)CC1CCCc1cc(O)ccc12. The van der Waals surface area contributed by atoms with Gasteiger partial charge in [0.25, 0.3) is 0 Å². The predicted molar refractivity (Wildman–Crippen MR) is 70.7 cm³/mol. The molecule has 0 radical (unpaired) electrons. The first-order chi connectivity index (χ1) is 8.59. The van der Waals surface area contributed by atoms with Crippen molar-refractivity contribution < 1.29 is 9.90 Å². The summed E-state index contributed by atoms with van der Waals surface area (Å²) in [5.74, 6) is 1.28. The summed E-state index contributed by atoms with van der Waals surface area (Å²) in [6.07, 6.45) is 5.73. The summed E-state index contributed by atoms with van der Waals surface area (Å²) >= 11 is 0. The van der Waals surface area contributed by atoms with Gasteiger partial charge < -0.3 is 5.11 Å². The first-order valence-electron chi connectivity index (χ1n) is 6.94. The maximum absolute atomic E-state index is 11.7. The van der Waals surface area contributed by atoms with Gasteiger partial charge in [0.1, 0.15) is 11.5 Å². The van der Waals surface area contributed by atoms with E-state index in [4.69, 9.17) is 0 Å². The predicted octanol–water partition coefficient (Wildman–Crippen LogP) is 3.36. The van der Waals surface area contributed by atoms with Crippen molar-refractivity contribution in [1.29, 1.82) is 0 Å². The molecule has 2 unspecified atom stereocenters. The maximum Gasteiger partial charge on any atom is 0.133 e. The Morgan fingerprint density at radius 3 is 3.00 bits per heavy atom. The molecular formula is C16H20O2. The van der Waals surface area contributed by atoms with E-state index in [2.05, 4.69) is 13.0 Å². The Hall–Kier alpha value is -1.31. The van der Waals surface area contributed by atoms with Crippen molar-refractivity contribution in [1.82, 2.24) is 0 Å². The Morgan fingerprint density at radius 2 is 2.17 bits per heavy atom. The molecule has 2 atom stereocenters. The summed E-state index contributed by atoms with van der Waals surface area (Å²) in [5.41, 5.74) is 2.79. The van der Waals surface area contributed by atoms with E-state index in [1.54, 1.807) is 6.07 Å². The molecule has 1 aromatic carbocycles. The highest BCUT2D eigenvalue weighted by molar-refractivity contribution is 5.80. The minimum absolute atomic E-state index is 0.132. The molecule has 0 saturated heterocycles. The van der Waals surface area contributed by atoms with Crippen LogP contribution in [0, 0.1) is 5.92 Å². The van der Waals surface area contributed by atoms with Crippen molar-refractivity contribution in [3.05, 3.63) is 29.3 Å². The molecule has 0 bridgehead atoms. The number of aryl methyl sites for hydroxylation is 1. The van der Waals surface area contributed by atoms with Crippen LogP contribution in [0.4, 0.5) is 0 Å². The third-order valence-electron chi connectivity index (χ3n) is 5.00. The maximum atomic E-state index is 11.7. The van der Waals surface area contributed by atoms with E-state index < -0.39 is 0 Å². The van der Waals surface area contributed by atoms with Crippen molar-refractivity contribution in [3.63, 3.8) is 0 Å². The number of carbonyl (C=O) groups is 1. The van der Waals surface area contributed by atoms with Crippen LogP contribution in [-0.2, 0) is 16.6 Å². The van der Waals surface area contributed by atoms with E-state index in [-0.39, 0.29) is 5.41 Å². The van der Waals surface area contributed by atoms with E-state index in [9.17, 15) is 9.90 Å². The van der Waals surface area contributed by atoms with Crippen LogP contribution in [0.15, 0.2) is 18.2 Å². The fourth-order valence-electron chi connectivity index (χ4n) is 3.86. The number of Topliss-reactive ketones (excluding diaryl/α,β-unsaturated/α-hetero) is 1. The lowest BCUT2D eigenvalue weighted by atomic mass is 9.62. The molecule has 2 aliphatic carbocycles. The molecule has 1 fully saturated rings. The van der Waals surface area contributed by atoms with Gasteiger partial charge in [0, 0.05) is 12.8 Å². The summed E-state index contributed by atoms with van der Waals surface area (Å²) in [6, 6.07) is 5.79. The molecule has 2 nitrogen and oxygen atoms in total. The summed E-state index contributed by atoms with van der Waals surface area (Å²) < 4.78 is 0. The Balaban J connectivity index is 2.09. The van der Waals surface area contributed by atoms with Crippen LogP contribution in [-0.4, -0.2) is 10.9 Å². The topological polar surface area (TPSA) is 37.3 Å². The fraction of sp³-hybridized carbons (Fsp3) is 0.562. The van der Waals surface area contributed by atoms with Gasteiger partial charge in [-0.2, -0.15) is 0 Å². The zero-order valence-electron chi connectivity index (χ0n) is 10.9. The van der Waals surface area contributed by atoms with Crippen LogP contribution in [0.2, 0.25) is 0 Å². The van der Waals surface area contributed by atoms with Gasteiger partial charge in [-0.05, 0) is 60.3 Å². The number of hydrogen-bond acceptors (Lipinski definition) is 2. The van der Waals surface area contributed by atoms with Crippen LogP contribution in [0.25, 0.3) is 0 Å². The number of carbonyl (C=O) groups excluding carboxylic acids is 1. The number of benzene rings is 1. The number of aromatic hydroxyl groups is 1. The Morgan fingerprint density at radius 1 is 1.33 bits per heavy atom. The Bertz CT molecular complexity index is 492. The molecule has 1 aromatic rings. The molecule has 96 valence electrons. The van der Waals surface area contributed by atoms with Gasteiger partial charge in [0.05, 0.1) is 0 Å². The lowest BCUT2D eigenvalue weighted by molar-refractivity contribution is -0.123. The highest BCUT2D eigenvalue weighted by Crippen LogP contribution is 2.48. The molecule has 2 heteroatoms. The number of phenols is 1. The number of fused-ring (bicyclic) bond motifs is 3. The number of rotatable bonds is 0. The van der Waals surface area contributed by atoms with Gasteiger partial charge in [-0.25, -0.2) is 0 Å². The Kier molecular flexibility index (Phi) is 2.69. The summed E-state index contributed by atoms with van der Waals surface area (Å²) in [4.78, 5) is 11.7. The Labute approximate surface area is 108 Å². The second-order valence-electron chi connectivity index (χ2n) is 6.09. The smallest absolute Gasteiger partial charge is 0.133 e. The molecule has 0 aromatic heterocycles. The zero-order valence-corrected chi connectivity index (χ0v) is 10.9. The van der Waals surface area contributed by atoms with Gasteiger partial charge in [-0.1, -0.05) is 13.0 Å². The monoisotopic (exact) mass is 244 g/mol. The normalized spacial score (nSPS) is 31.4. The van der Waals surface area contributed by atoms with Crippen LogP contribution in [0.3, 0.4) is 0 Å². The summed E-state index contributed by atoms with van der Waals surface area (Å²) in [6.45, 7) is 2.31. The minimum atomic E-state index is 0.132. The molecule has 0 heterocycles. The standard InChI is InChI=1S/C16H20O2/c1-16-8-7-14(18)10-12(16)4-2-3-11-9-13(17)5-6-15(11)16/h5-6,9,12,17H,2-4,7-8,10H2,1H3. The third kappa shape index (κ3) is 1.75. The van der Waals surface area contributed by atoms with E-state index in [0.717, 1.165) is 32.1 Å². The average molecular weight is 244 g/mol. The molecule has 0 aliphatic heterocycles. The van der Waals surface area contributed by atoms with Gasteiger partial charge >= 0.3 is 0 Å².